The van der Waals surface area contributed by atoms with E-state index in [4.69, 9.17) is 11.6 Å². The van der Waals surface area contributed by atoms with Gasteiger partial charge in [-0.1, -0.05) is 32.4 Å². The third kappa shape index (κ3) is 3.37. The van der Waals surface area contributed by atoms with Crippen LogP contribution in [-0.4, -0.2) is 47.6 Å². The summed E-state index contributed by atoms with van der Waals surface area (Å²) in [5.41, 5.74) is 1.08. The molecule has 1 saturated heterocycles. The van der Waals surface area contributed by atoms with Crippen LogP contribution in [0.3, 0.4) is 0 Å². The van der Waals surface area contributed by atoms with Gasteiger partial charge in [-0.15, -0.1) is 0 Å². The normalized spacial score (nSPS) is 17.2. The zero-order valence-corrected chi connectivity index (χ0v) is 12.8. The Morgan fingerprint density at radius 1 is 1.21 bits per heavy atom. The van der Waals surface area contributed by atoms with Crippen LogP contribution in [0.15, 0.2) is 6.33 Å². The Bertz CT molecular complexity index is 414. The van der Waals surface area contributed by atoms with E-state index in [2.05, 4.69) is 40.5 Å². The molecule has 0 N–H and O–H groups in total. The number of hydrogen-bond acceptors (Lipinski definition) is 4. The molecular formula is C14H23ClN4. The lowest BCUT2D eigenvalue weighted by molar-refractivity contribution is 0.257. The fraction of sp³-hybridized carbons (Fsp3) is 0.714. The van der Waals surface area contributed by atoms with Crippen molar-refractivity contribution in [3.05, 3.63) is 17.0 Å². The van der Waals surface area contributed by atoms with Gasteiger partial charge >= 0.3 is 0 Å². The topological polar surface area (TPSA) is 32.3 Å². The predicted octanol–water partition coefficient (Wildman–Crippen LogP) is 2.79. The van der Waals surface area contributed by atoms with Crippen LogP contribution in [0.4, 0.5) is 5.82 Å². The molecule has 19 heavy (non-hydrogen) atoms. The van der Waals surface area contributed by atoms with Crippen LogP contribution < -0.4 is 4.90 Å². The van der Waals surface area contributed by atoms with E-state index in [9.17, 15) is 0 Å². The molecule has 1 aromatic rings. The van der Waals surface area contributed by atoms with Crippen LogP contribution in [0.2, 0.25) is 5.15 Å². The molecule has 1 aromatic heterocycles. The molecule has 0 aromatic carbocycles. The van der Waals surface area contributed by atoms with E-state index < -0.39 is 0 Å². The fourth-order valence-corrected chi connectivity index (χ4v) is 2.96. The molecular weight excluding hydrogens is 260 g/mol. The first-order valence-corrected chi connectivity index (χ1v) is 7.49. The van der Waals surface area contributed by atoms with Gasteiger partial charge in [0.2, 0.25) is 0 Å². The molecule has 0 unspecified atom stereocenters. The zero-order chi connectivity index (χ0) is 13.8. The van der Waals surface area contributed by atoms with Crippen molar-refractivity contribution in [1.82, 2.24) is 14.9 Å². The van der Waals surface area contributed by atoms with Gasteiger partial charge in [0.05, 0.1) is 0 Å². The van der Waals surface area contributed by atoms with Crippen LogP contribution in [0.1, 0.15) is 38.7 Å². The molecule has 2 heterocycles. The maximum atomic E-state index is 6.23. The summed E-state index contributed by atoms with van der Waals surface area (Å²) < 4.78 is 0. The first-order chi connectivity index (χ1) is 9.13. The summed E-state index contributed by atoms with van der Waals surface area (Å²) in [6.45, 7) is 12.0. The smallest absolute Gasteiger partial charge is 0.138 e. The first kappa shape index (κ1) is 14.5. The van der Waals surface area contributed by atoms with Crippen LogP contribution in [0.5, 0.6) is 0 Å². The molecule has 106 valence electrons. The Labute approximate surface area is 120 Å². The van der Waals surface area contributed by atoms with Gasteiger partial charge in [-0.2, -0.15) is 0 Å². The largest absolute Gasteiger partial charge is 0.354 e. The standard InChI is InChI=1S/C14H23ClN4/c1-4-5-18-6-8-19(9-7-18)14-12(11(2)3)13(15)16-10-17-14/h10-11H,4-9H2,1-3H3. The van der Waals surface area contributed by atoms with Crippen molar-refractivity contribution in [1.29, 1.82) is 0 Å². The average Bonchev–Trinajstić information content (AvgIpc) is 2.39. The predicted molar refractivity (Wildman–Crippen MR) is 80.1 cm³/mol. The maximum absolute atomic E-state index is 6.23. The Morgan fingerprint density at radius 2 is 1.89 bits per heavy atom. The van der Waals surface area contributed by atoms with Crippen LogP contribution in [0, 0.1) is 0 Å². The minimum atomic E-state index is 0.345. The SMILES string of the molecule is CCCN1CCN(c2ncnc(Cl)c2C(C)C)CC1. The summed E-state index contributed by atoms with van der Waals surface area (Å²) in [7, 11) is 0. The number of hydrogen-bond donors (Lipinski definition) is 0. The minimum Gasteiger partial charge on any atom is -0.354 e. The molecule has 4 nitrogen and oxygen atoms in total. The molecule has 1 fully saturated rings. The number of nitrogens with zero attached hydrogens (tertiary/aromatic N) is 4. The van der Waals surface area contributed by atoms with E-state index in [0.717, 1.165) is 37.6 Å². The lowest BCUT2D eigenvalue weighted by atomic mass is 10.1. The van der Waals surface area contributed by atoms with E-state index in [1.165, 1.54) is 13.0 Å². The van der Waals surface area contributed by atoms with Gasteiger partial charge in [0.15, 0.2) is 0 Å². The van der Waals surface area contributed by atoms with E-state index in [1.807, 2.05) is 0 Å². The van der Waals surface area contributed by atoms with Crippen molar-refractivity contribution in [3.63, 3.8) is 0 Å². The Kier molecular flexibility index (Phi) is 4.99. The molecule has 0 bridgehead atoms. The zero-order valence-electron chi connectivity index (χ0n) is 12.1. The summed E-state index contributed by atoms with van der Waals surface area (Å²) in [5.74, 6) is 1.36. The lowest BCUT2D eigenvalue weighted by Crippen LogP contribution is -2.47. The molecule has 5 heteroatoms. The van der Waals surface area contributed by atoms with Gasteiger partial charge in [-0.25, -0.2) is 9.97 Å². The van der Waals surface area contributed by atoms with E-state index in [-0.39, 0.29) is 0 Å². The summed E-state index contributed by atoms with van der Waals surface area (Å²) in [4.78, 5) is 13.4. The van der Waals surface area contributed by atoms with E-state index >= 15 is 0 Å². The monoisotopic (exact) mass is 282 g/mol. The molecule has 1 aliphatic rings. The third-order valence-corrected chi connectivity index (χ3v) is 3.90. The number of piperazine rings is 1. The number of rotatable bonds is 4. The van der Waals surface area contributed by atoms with Crippen LogP contribution in [-0.2, 0) is 0 Å². The second kappa shape index (κ2) is 6.53. The second-order valence-electron chi connectivity index (χ2n) is 5.39. The molecule has 2 rings (SSSR count). The van der Waals surface area contributed by atoms with Crippen molar-refractivity contribution in [3.8, 4) is 0 Å². The first-order valence-electron chi connectivity index (χ1n) is 7.11. The summed E-state index contributed by atoms with van der Waals surface area (Å²) in [6.07, 6.45) is 2.79. The van der Waals surface area contributed by atoms with Crippen LogP contribution in [0.25, 0.3) is 0 Å². The quantitative estimate of drug-likeness (QED) is 0.795. The van der Waals surface area contributed by atoms with E-state index in [0.29, 0.717) is 11.1 Å². The van der Waals surface area contributed by atoms with Crippen molar-refractivity contribution < 1.29 is 0 Å². The fourth-order valence-electron chi connectivity index (χ4n) is 2.61. The Hall–Kier alpha value is -0.870. The molecule has 0 saturated carbocycles. The summed E-state index contributed by atoms with van der Waals surface area (Å²) in [6, 6.07) is 0. The average molecular weight is 283 g/mol. The molecule has 1 aliphatic heterocycles. The van der Waals surface area contributed by atoms with Gasteiger partial charge in [0.1, 0.15) is 17.3 Å². The maximum Gasteiger partial charge on any atom is 0.138 e. The van der Waals surface area contributed by atoms with Gasteiger partial charge in [0.25, 0.3) is 0 Å². The summed E-state index contributed by atoms with van der Waals surface area (Å²) in [5, 5.41) is 0.594. The molecule has 0 spiro atoms. The lowest BCUT2D eigenvalue weighted by Gasteiger charge is -2.36. The van der Waals surface area contributed by atoms with Crippen molar-refractivity contribution in [2.45, 2.75) is 33.1 Å². The highest BCUT2D eigenvalue weighted by atomic mass is 35.5. The molecule has 0 atom stereocenters. The molecule has 0 amide bonds. The van der Waals surface area contributed by atoms with Crippen molar-refractivity contribution in [2.24, 2.45) is 0 Å². The van der Waals surface area contributed by atoms with Crippen LogP contribution >= 0.6 is 11.6 Å². The highest BCUT2D eigenvalue weighted by molar-refractivity contribution is 6.30. The van der Waals surface area contributed by atoms with Gasteiger partial charge in [0, 0.05) is 31.7 Å². The summed E-state index contributed by atoms with van der Waals surface area (Å²) >= 11 is 6.23. The molecule has 0 radical (unpaired) electrons. The Morgan fingerprint density at radius 3 is 2.47 bits per heavy atom. The van der Waals surface area contributed by atoms with Gasteiger partial charge in [-0.05, 0) is 18.9 Å². The highest BCUT2D eigenvalue weighted by Crippen LogP contribution is 2.30. The Balaban J connectivity index is 2.13. The van der Waals surface area contributed by atoms with Crippen molar-refractivity contribution >= 4 is 17.4 Å². The van der Waals surface area contributed by atoms with Crippen molar-refractivity contribution in [2.75, 3.05) is 37.6 Å². The number of halogens is 1. The van der Waals surface area contributed by atoms with Gasteiger partial charge < -0.3 is 4.90 Å². The molecule has 0 aliphatic carbocycles. The second-order valence-corrected chi connectivity index (χ2v) is 5.74. The number of anilines is 1. The van der Waals surface area contributed by atoms with Gasteiger partial charge in [-0.3, -0.25) is 4.90 Å². The minimum absolute atomic E-state index is 0.345. The van der Waals surface area contributed by atoms with E-state index in [1.54, 1.807) is 6.33 Å². The third-order valence-electron chi connectivity index (χ3n) is 3.60. The number of aromatic nitrogens is 2. The highest BCUT2D eigenvalue weighted by Gasteiger charge is 2.22.